The molecule has 15 heteroatoms. The standard InChI is InChI=1S/C32H30F9NO4S/c33-23-8-10-25(11-9-23)47(43,44)29(14-12-24(13-15-29)42-16-18-45-19-17-42)21-4-6-22(7-5-21)30(31(36,37)38,32(39,40)41)46-20-26-27(34)2-1-3-28(26)35/h1-11,24H,12-20H2/t24-,29-. The van der Waals surface area contributed by atoms with Gasteiger partial charge in [0.1, 0.15) is 22.2 Å². The molecular formula is C32H30F9NO4S. The average Bonchev–Trinajstić information content (AvgIpc) is 3.02. The molecule has 1 saturated carbocycles. The molecule has 5 rings (SSSR count). The number of sulfone groups is 1. The van der Waals surface area contributed by atoms with Crippen LogP contribution in [0.3, 0.4) is 0 Å². The number of alkyl halides is 6. The van der Waals surface area contributed by atoms with E-state index < -0.39 is 67.7 Å². The van der Waals surface area contributed by atoms with Gasteiger partial charge in [-0.05, 0) is 67.6 Å². The monoisotopic (exact) mass is 695 g/mol. The molecule has 0 N–H and O–H groups in total. The normalized spacial score (nSPS) is 21.9. The molecule has 0 amide bonds. The highest BCUT2D eigenvalue weighted by Gasteiger charge is 2.73. The second kappa shape index (κ2) is 13.1. The predicted octanol–water partition coefficient (Wildman–Crippen LogP) is 7.58. The predicted molar refractivity (Wildman–Crippen MR) is 151 cm³/mol. The number of nitrogens with zero attached hydrogens (tertiary/aromatic N) is 1. The molecule has 0 aromatic heterocycles. The highest BCUT2D eigenvalue weighted by molar-refractivity contribution is 7.92. The van der Waals surface area contributed by atoms with E-state index >= 15 is 0 Å². The molecule has 0 spiro atoms. The first-order valence-corrected chi connectivity index (χ1v) is 16.2. The van der Waals surface area contributed by atoms with E-state index in [0.717, 1.165) is 42.5 Å². The van der Waals surface area contributed by atoms with Crippen molar-refractivity contribution in [2.75, 3.05) is 26.3 Å². The summed E-state index contributed by atoms with van der Waals surface area (Å²) in [7, 11) is -4.38. The van der Waals surface area contributed by atoms with Crippen LogP contribution in [0.2, 0.25) is 0 Å². The van der Waals surface area contributed by atoms with Gasteiger partial charge in [0.2, 0.25) is 0 Å². The van der Waals surface area contributed by atoms with Crippen molar-refractivity contribution >= 4 is 9.84 Å². The van der Waals surface area contributed by atoms with E-state index in [-0.39, 0.29) is 29.3 Å². The van der Waals surface area contributed by atoms with Gasteiger partial charge in [-0.15, -0.1) is 0 Å². The lowest BCUT2D eigenvalue weighted by Crippen LogP contribution is -2.56. The molecule has 5 nitrogen and oxygen atoms in total. The topological polar surface area (TPSA) is 55.8 Å². The Morgan fingerprint density at radius 2 is 1.32 bits per heavy atom. The van der Waals surface area contributed by atoms with E-state index in [0.29, 0.717) is 63.4 Å². The van der Waals surface area contributed by atoms with Gasteiger partial charge in [0.05, 0.1) is 24.7 Å². The third kappa shape index (κ3) is 6.39. The van der Waals surface area contributed by atoms with Gasteiger partial charge in [-0.2, -0.15) is 26.3 Å². The van der Waals surface area contributed by atoms with Crippen molar-refractivity contribution < 1.29 is 57.4 Å². The minimum atomic E-state index is -6.16. The van der Waals surface area contributed by atoms with Crippen molar-refractivity contribution in [3.63, 3.8) is 0 Å². The second-order valence-corrected chi connectivity index (χ2v) is 13.8. The van der Waals surface area contributed by atoms with Crippen molar-refractivity contribution in [3.8, 4) is 0 Å². The van der Waals surface area contributed by atoms with Gasteiger partial charge < -0.3 is 9.47 Å². The molecular weight excluding hydrogens is 665 g/mol. The van der Waals surface area contributed by atoms with Crippen LogP contribution in [0.25, 0.3) is 0 Å². The fourth-order valence-corrected chi connectivity index (χ4v) is 8.69. The fourth-order valence-electron chi connectivity index (χ4n) is 6.52. The first kappa shape index (κ1) is 35.2. The molecule has 47 heavy (non-hydrogen) atoms. The average molecular weight is 696 g/mol. The van der Waals surface area contributed by atoms with Gasteiger partial charge in [0.25, 0.3) is 5.60 Å². The van der Waals surface area contributed by atoms with Crippen LogP contribution in [0.1, 0.15) is 42.4 Å². The van der Waals surface area contributed by atoms with E-state index in [1.165, 1.54) is 0 Å². The number of halogens is 9. The molecule has 2 fully saturated rings. The Labute approximate surface area is 265 Å². The SMILES string of the molecule is O=S(=O)(c1ccc(F)cc1)[C@]1(c2ccc(C(OCc3c(F)cccc3F)(C(F)(F)F)C(F)(F)F)cc2)CC[C@@H](N2CCOCC2)CC1. The molecule has 0 bridgehead atoms. The molecule has 3 aromatic rings. The number of benzene rings is 3. The van der Waals surface area contributed by atoms with Crippen LogP contribution in [0.5, 0.6) is 0 Å². The highest BCUT2D eigenvalue weighted by atomic mass is 32.2. The van der Waals surface area contributed by atoms with Crippen LogP contribution in [0.15, 0.2) is 71.6 Å². The Hall–Kier alpha value is -3.14. The lowest BCUT2D eigenvalue weighted by Gasteiger charge is -2.44. The summed E-state index contributed by atoms with van der Waals surface area (Å²) in [4.78, 5) is 1.89. The maximum absolute atomic E-state index is 14.5. The summed E-state index contributed by atoms with van der Waals surface area (Å²) in [6.45, 7) is 0.492. The summed E-state index contributed by atoms with van der Waals surface area (Å²) >= 11 is 0. The largest absolute Gasteiger partial charge is 0.430 e. The quantitative estimate of drug-likeness (QED) is 0.180. The Morgan fingerprint density at radius 3 is 1.83 bits per heavy atom. The number of morpholine rings is 1. The zero-order valence-electron chi connectivity index (χ0n) is 24.7. The third-order valence-electron chi connectivity index (χ3n) is 9.07. The summed E-state index contributed by atoms with van der Waals surface area (Å²) < 4.78 is 165. The fraction of sp³-hybridized carbons (Fsp3) is 0.438. The van der Waals surface area contributed by atoms with E-state index in [1.54, 1.807) is 0 Å². The molecule has 0 atom stereocenters. The van der Waals surface area contributed by atoms with Gasteiger partial charge in [0, 0.05) is 30.3 Å². The lowest BCUT2D eigenvalue weighted by atomic mass is 9.79. The van der Waals surface area contributed by atoms with Gasteiger partial charge in [0.15, 0.2) is 9.84 Å². The Balaban J connectivity index is 1.57. The van der Waals surface area contributed by atoms with Crippen LogP contribution in [0, 0.1) is 17.5 Å². The summed E-state index contributed by atoms with van der Waals surface area (Å²) in [6.07, 6.45) is -11.7. The Kier molecular flexibility index (Phi) is 9.77. The van der Waals surface area contributed by atoms with Crippen LogP contribution >= 0.6 is 0 Å². The number of ether oxygens (including phenoxy) is 2. The third-order valence-corrected chi connectivity index (χ3v) is 11.6. The van der Waals surface area contributed by atoms with Gasteiger partial charge in [-0.3, -0.25) is 4.90 Å². The number of rotatable bonds is 8. The van der Waals surface area contributed by atoms with Gasteiger partial charge in [-0.1, -0.05) is 30.3 Å². The van der Waals surface area contributed by atoms with Crippen LogP contribution in [0.4, 0.5) is 39.5 Å². The minimum absolute atomic E-state index is 0.0270. The summed E-state index contributed by atoms with van der Waals surface area (Å²) in [5.41, 5.74) is -7.69. The van der Waals surface area contributed by atoms with Crippen LogP contribution < -0.4 is 0 Å². The molecule has 3 aromatic carbocycles. The smallest absolute Gasteiger partial charge is 0.379 e. The molecule has 1 heterocycles. The molecule has 1 aliphatic carbocycles. The molecule has 0 unspecified atom stereocenters. The van der Waals surface area contributed by atoms with E-state index in [9.17, 15) is 47.9 Å². The summed E-state index contributed by atoms with van der Waals surface area (Å²) in [5, 5.41) is 0. The molecule has 256 valence electrons. The maximum Gasteiger partial charge on any atom is 0.430 e. The second-order valence-electron chi connectivity index (χ2n) is 11.6. The van der Waals surface area contributed by atoms with Gasteiger partial charge in [-0.25, -0.2) is 21.6 Å². The van der Waals surface area contributed by atoms with E-state index in [1.807, 2.05) is 0 Å². The molecule has 1 aliphatic heterocycles. The Morgan fingerprint density at radius 1 is 0.787 bits per heavy atom. The summed E-state index contributed by atoms with van der Waals surface area (Å²) in [5.74, 6) is -3.51. The first-order chi connectivity index (χ1) is 22.0. The molecule has 2 aliphatic rings. The van der Waals surface area contributed by atoms with E-state index in [2.05, 4.69) is 9.64 Å². The van der Waals surface area contributed by atoms with Gasteiger partial charge >= 0.3 is 12.4 Å². The lowest BCUT2D eigenvalue weighted by molar-refractivity contribution is -0.392. The van der Waals surface area contributed by atoms with Crippen molar-refractivity contribution in [1.29, 1.82) is 0 Å². The highest BCUT2D eigenvalue weighted by Crippen LogP contribution is 2.54. The zero-order valence-corrected chi connectivity index (χ0v) is 25.5. The van der Waals surface area contributed by atoms with Crippen molar-refractivity contribution in [2.45, 2.75) is 65.9 Å². The minimum Gasteiger partial charge on any atom is -0.379 e. The van der Waals surface area contributed by atoms with Crippen molar-refractivity contribution in [1.82, 2.24) is 4.90 Å². The molecule has 1 saturated heterocycles. The van der Waals surface area contributed by atoms with Crippen LogP contribution in [-0.2, 0) is 36.3 Å². The Bertz CT molecular complexity index is 1610. The van der Waals surface area contributed by atoms with Crippen molar-refractivity contribution in [2.24, 2.45) is 0 Å². The first-order valence-electron chi connectivity index (χ1n) is 14.7. The maximum atomic E-state index is 14.5. The van der Waals surface area contributed by atoms with Crippen LogP contribution in [-0.4, -0.2) is 58.0 Å². The van der Waals surface area contributed by atoms with Crippen molar-refractivity contribution in [3.05, 3.63) is 101 Å². The number of hydrogen-bond acceptors (Lipinski definition) is 5. The van der Waals surface area contributed by atoms with E-state index in [4.69, 9.17) is 4.74 Å². The molecule has 0 radical (unpaired) electrons. The summed E-state index contributed by atoms with van der Waals surface area (Å²) in [6, 6.07) is 8.89. The number of hydrogen-bond donors (Lipinski definition) is 0. The zero-order chi connectivity index (χ0) is 34.3.